The molecule has 0 bridgehead atoms. The lowest BCUT2D eigenvalue weighted by molar-refractivity contribution is 0.187. The second-order valence-corrected chi connectivity index (χ2v) is 3.83. The lowest BCUT2D eigenvalue weighted by Gasteiger charge is -2.08. The lowest BCUT2D eigenvalue weighted by Crippen LogP contribution is -2.12. The summed E-state index contributed by atoms with van der Waals surface area (Å²) in [6.07, 6.45) is -0.573. The first kappa shape index (κ1) is 10.2. The van der Waals surface area contributed by atoms with Crippen molar-refractivity contribution in [1.82, 2.24) is 4.57 Å². The van der Waals surface area contributed by atoms with Gasteiger partial charge in [0.25, 0.3) is 0 Å². The van der Waals surface area contributed by atoms with Gasteiger partial charge in [-0.15, -0.1) is 0 Å². The third-order valence-electron chi connectivity index (χ3n) is 3.00. The second-order valence-electron chi connectivity index (χ2n) is 3.83. The topological polar surface area (TPSA) is 51.2 Å². The number of rotatable bonds is 2. The monoisotopic (exact) mass is 204 g/mol. The van der Waals surface area contributed by atoms with E-state index in [1.165, 1.54) is 0 Å². The Balaban J connectivity index is 2.77. The zero-order chi connectivity index (χ0) is 11.0. The van der Waals surface area contributed by atoms with Crippen LogP contribution >= 0.6 is 0 Å². The average Bonchev–Trinajstić information content (AvgIpc) is 2.52. The van der Waals surface area contributed by atoms with Crippen LogP contribution in [0.25, 0.3) is 10.9 Å². The van der Waals surface area contributed by atoms with E-state index in [0.29, 0.717) is 0 Å². The van der Waals surface area contributed by atoms with Crippen LogP contribution in [-0.4, -0.2) is 16.2 Å². The van der Waals surface area contributed by atoms with Gasteiger partial charge in [0.15, 0.2) is 0 Å². The molecule has 3 N–H and O–H groups in total. The Morgan fingerprint density at radius 1 is 1.40 bits per heavy atom. The molecule has 0 saturated carbocycles. The molecule has 0 saturated heterocycles. The largest absolute Gasteiger partial charge is 0.387 e. The van der Waals surface area contributed by atoms with Gasteiger partial charge < -0.3 is 15.4 Å². The maximum Gasteiger partial charge on any atom is 0.0935 e. The van der Waals surface area contributed by atoms with E-state index in [0.717, 1.165) is 22.2 Å². The van der Waals surface area contributed by atoms with Gasteiger partial charge in [-0.25, -0.2) is 0 Å². The summed E-state index contributed by atoms with van der Waals surface area (Å²) in [7, 11) is 2.00. The Labute approximate surface area is 89.1 Å². The molecule has 1 aromatic carbocycles. The number of hydrogen-bond donors (Lipinski definition) is 2. The first-order chi connectivity index (χ1) is 7.16. The zero-order valence-electron chi connectivity index (χ0n) is 9.07. The Bertz CT molecular complexity index is 488. The minimum atomic E-state index is -0.573. The summed E-state index contributed by atoms with van der Waals surface area (Å²) in [5.74, 6) is 0. The quantitative estimate of drug-likeness (QED) is 0.778. The number of aryl methyl sites for hydroxylation is 1. The van der Waals surface area contributed by atoms with Gasteiger partial charge in [0, 0.05) is 35.8 Å². The zero-order valence-corrected chi connectivity index (χ0v) is 9.07. The van der Waals surface area contributed by atoms with Gasteiger partial charge in [-0.05, 0) is 13.0 Å². The van der Waals surface area contributed by atoms with Crippen molar-refractivity contribution in [2.75, 3.05) is 6.54 Å². The summed E-state index contributed by atoms with van der Waals surface area (Å²) in [4.78, 5) is 0. The van der Waals surface area contributed by atoms with Crippen LogP contribution in [-0.2, 0) is 7.05 Å². The van der Waals surface area contributed by atoms with Crippen LogP contribution in [0.15, 0.2) is 24.3 Å². The highest BCUT2D eigenvalue weighted by Crippen LogP contribution is 2.29. The van der Waals surface area contributed by atoms with Crippen LogP contribution < -0.4 is 5.73 Å². The van der Waals surface area contributed by atoms with Gasteiger partial charge in [-0.2, -0.15) is 0 Å². The number of aliphatic hydroxyl groups is 1. The fourth-order valence-corrected chi connectivity index (χ4v) is 2.09. The van der Waals surface area contributed by atoms with Gasteiger partial charge in [0.05, 0.1) is 6.10 Å². The van der Waals surface area contributed by atoms with Crippen molar-refractivity contribution in [2.45, 2.75) is 13.0 Å². The van der Waals surface area contributed by atoms with E-state index in [-0.39, 0.29) is 6.54 Å². The molecule has 0 aliphatic rings. The highest BCUT2D eigenvalue weighted by molar-refractivity contribution is 5.85. The first-order valence-corrected chi connectivity index (χ1v) is 5.09. The third-order valence-corrected chi connectivity index (χ3v) is 3.00. The number of aromatic nitrogens is 1. The molecule has 1 atom stereocenters. The maximum absolute atomic E-state index is 9.88. The van der Waals surface area contributed by atoms with Gasteiger partial charge in [-0.1, -0.05) is 18.2 Å². The fourth-order valence-electron chi connectivity index (χ4n) is 2.09. The molecule has 0 aliphatic carbocycles. The van der Waals surface area contributed by atoms with E-state index >= 15 is 0 Å². The number of para-hydroxylation sites is 1. The SMILES string of the molecule is Cc1c([C@H](O)CN)c2ccccc2n1C. The van der Waals surface area contributed by atoms with E-state index in [1.807, 2.05) is 32.2 Å². The molecule has 80 valence electrons. The van der Waals surface area contributed by atoms with Gasteiger partial charge in [0.2, 0.25) is 0 Å². The number of fused-ring (bicyclic) bond motifs is 1. The van der Waals surface area contributed by atoms with Crippen LogP contribution in [0.3, 0.4) is 0 Å². The van der Waals surface area contributed by atoms with Crippen LogP contribution in [0.4, 0.5) is 0 Å². The number of nitrogens with two attached hydrogens (primary N) is 1. The van der Waals surface area contributed by atoms with Gasteiger partial charge in [-0.3, -0.25) is 0 Å². The number of hydrogen-bond acceptors (Lipinski definition) is 2. The van der Waals surface area contributed by atoms with Crippen molar-refractivity contribution >= 4 is 10.9 Å². The Morgan fingerprint density at radius 3 is 2.73 bits per heavy atom. The number of nitrogens with zero attached hydrogens (tertiary/aromatic N) is 1. The Morgan fingerprint density at radius 2 is 2.07 bits per heavy atom. The van der Waals surface area contributed by atoms with E-state index in [4.69, 9.17) is 5.73 Å². The van der Waals surface area contributed by atoms with Gasteiger partial charge >= 0.3 is 0 Å². The molecule has 2 aromatic rings. The summed E-state index contributed by atoms with van der Waals surface area (Å²) in [6, 6.07) is 8.06. The van der Waals surface area contributed by atoms with Crippen LogP contribution in [0.5, 0.6) is 0 Å². The number of benzene rings is 1. The first-order valence-electron chi connectivity index (χ1n) is 5.09. The molecule has 0 radical (unpaired) electrons. The molecule has 3 heteroatoms. The van der Waals surface area contributed by atoms with Crippen molar-refractivity contribution < 1.29 is 5.11 Å². The molecule has 0 fully saturated rings. The van der Waals surface area contributed by atoms with Crippen LogP contribution in [0, 0.1) is 6.92 Å². The van der Waals surface area contributed by atoms with E-state index in [9.17, 15) is 5.11 Å². The third kappa shape index (κ3) is 1.44. The van der Waals surface area contributed by atoms with Gasteiger partial charge in [0.1, 0.15) is 0 Å². The molecule has 1 heterocycles. The van der Waals surface area contributed by atoms with Crippen molar-refractivity contribution in [1.29, 1.82) is 0 Å². The normalized spacial score (nSPS) is 13.3. The van der Waals surface area contributed by atoms with Crippen molar-refractivity contribution in [3.63, 3.8) is 0 Å². The maximum atomic E-state index is 9.88. The standard InChI is InChI=1S/C12H16N2O/c1-8-12(11(15)7-13)9-5-3-4-6-10(9)14(8)2/h3-6,11,15H,7,13H2,1-2H3/t11-/m1/s1. The fraction of sp³-hybridized carbons (Fsp3) is 0.333. The summed E-state index contributed by atoms with van der Waals surface area (Å²) >= 11 is 0. The molecule has 2 rings (SSSR count). The van der Waals surface area contributed by atoms with Crippen molar-refractivity contribution in [3.05, 3.63) is 35.5 Å². The molecular weight excluding hydrogens is 188 g/mol. The Hall–Kier alpha value is -1.32. The Kier molecular flexibility index (Phi) is 2.50. The van der Waals surface area contributed by atoms with E-state index in [1.54, 1.807) is 0 Å². The summed E-state index contributed by atoms with van der Waals surface area (Å²) in [5.41, 5.74) is 8.68. The molecular formula is C12H16N2O. The molecule has 0 unspecified atom stereocenters. The van der Waals surface area contributed by atoms with Crippen LogP contribution in [0.2, 0.25) is 0 Å². The van der Waals surface area contributed by atoms with E-state index in [2.05, 4.69) is 10.6 Å². The number of aliphatic hydroxyl groups excluding tert-OH is 1. The van der Waals surface area contributed by atoms with Crippen LogP contribution in [0.1, 0.15) is 17.4 Å². The van der Waals surface area contributed by atoms with Crippen molar-refractivity contribution in [3.8, 4) is 0 Å². The highest BCUT2D eigenvalue weighted by Gasteiger charge is 2.16. The highest BCUT2D eigenvalue weighted by atomic mass is 16.3. The lowest BCUT2D eigenvalue weighted by atomic mass is 10.1. The second kappa shape index (κ2) is 3.68. The minimum absolute atomic E-state index is 0.259. The molecule has 0 amide bonds. The van der Waals surface area contributed by atoms with E-state index < -0.39 is 6.10 Å². The summed E-state index contributed by atoms with van der Waals surface area (Å²) in [5, 5.41) is 11.0. The van der Waals surface area contributed by atoms with Crippen molar-refractivity contribution in [2.24, 2.45) is 12.8 Å². The molecule has 3 nitrogen and oxygen atoms in total. The predicted octanol–water partition coefficient (Wildman–Crippen LogP) is 1.48. The predicted molar refractivity (Wildman–Crippen MR) is 61.7 cm³/mol. The molecule has 0 spiro atoms. The molecule has 15 heavy (non-hydrogen) atoms. The smallest absolute Gasteiger partial charge is 0.0935 e. The average molecular weight is 204 g/mol. The molecule has 0 aliphatic heterocycles. The summed E-state index contributed by atoms with van der Waals surface area (Å²) < 4.78 is 2.09. The summed E-state index contributed by atoms with van der Waals surface area (Å²) in [6.45, 7) is 2.27. The minimum Gasteiger partial charge on any atom is -0.387 e. The molecule has 1 aromatic heterocycles.